The Morgan fingerprint density at radius 2 is 2.38 bits per heavy atom. The average molecular weight is 221 g/mol. The zero-order valence-corrected chi connectivity index (χ0v) is 9.63. The van der Waals surface area contributed by atoms with Crippen molar-refractivity contribution in [1.82, 2.24) is 9.80 Å². The maximum absolute atomic E-state index is 9.38. The standard InChI is InChI=1S/C12H19N3O/c1-14-6-2-3-10(14)7-11-4-5-12(16)8-15(11)9-13/h4-5,7-8,10,16H,2-3,6,9,13H2,1H3/b11-7-/t10-/m0/s1. The highest BCUT2D eigenvalue weighted by atomic mass is 16.3. The Morgan fingerprint density at radius 3 is 3.00 bits per heavy atom. The Labute approximate surface area is 96.3 Å². The fraction of sp³-hybridized carbons (Fsp3) is 0.500. The fourth-order valence-electron chi connectivity index (χ4n) is 2.20. The van der Waals surface area contributed by atoms with Crippen molar-refractivity contribution in [1.29, 1.82) is 0 Å². The third-order valence-corrected chi connectivity index (χ3v) is 3.18. The summed E-state index contributed by atoms with van der Waals surface area (Å²) in [6, 6.07) is 0.488. The van der Waals surface area contributed by atoms with Crippen LogP contribution < -0.4 is 5.73 Å². The second kappa shape index (κ2) is 4.72. The summed E-state index contributed by atoms with van der Waals surface area (Å²) in [6.45, 7) is 1.54. The molecule has 0 unspecified atom stereocenters. The molecule has 2 aliphatic heterocycles. The maximum atomic E-state index is 9.38. The van der Waals surface area contributed by atoms with Crippen LogP contribution in [0, 0.1) is 0 Å². The Hall–Kier alpha value is -1.26. The minimum Gasteiger partial charge on any atom is -0.506 e. The molecule has 2 aliphatic rings. The van der Waals surface area contributed by atoms with Crippen LogP contribution in [0.15, 0.2) is 35.9 Å². The van der Waals surface area contributed by atoms with Gasteiger partial charge in [-0.1, -0.05) is 0 Å². The predicted molar refractivity (Wildman–Crippen MR) is 64.5 cm³/mol. The van der Waals surface area contributed by atoms with Gasteiger partial charge in [0, 0.05) is 17.9 Å². The second-order valence-electron chi connectivity index (χ2n) is 4.32. The van der Waals surface area contributed by atoms with Gasteiger partial charge in [-0.05, 0) is 44.7 Å². The number of nitrogens with zero attached hydrogens (tertiary/aromatic N) is 2. The molecule has 0 aromatic heterocycles. The third-order valence-electron chi connectivity index (χ3n) is 3.18. The fourth-order valence-corrected chi connectivity index (χ4v) is 2.20. The van der Waals surface area contributed by atoms with E-state index in [1.165, 1.54) is 12.8 Å². The summed E-state index contributed by atoms with van der Waals surface area (Å²) in [5.41, 5.74) is 6.72. The molecule has 0 aromatic rings. The molecule has 1 saturated heterocycles. The number of nitrogens with two attached hydrogens (primary N) is 1. The van der Waals surface area contributed by atoms with Crippen molar-refractivity contribution in [3.8, 4) is 0 Å². The molecule has 0 bridgehead atoms. The number of allylic oxidation sites excluding steroid dienone is 2. The third kappa shape index (κ3) is 2.28. The van der Waals surface area contributed by atoms with Crippen LogP contribution >= 0.6 is 0 Å². The molecule has 88 valence electrons. The van der Waals surface area contributed by atoms with Crippen molar-refractivity contribution in [2.75, 3.05) is 20.3 Å². The van der Waals surface area contributed by atoms with Crippen molar-refractivity contribution < 1.29 is 5.11 Å². The highest BCUT2D eigenvalue weighted by molar-refractivity contribution is 5.31. The van der Waals surface area contributed by atoms with E-state index in [9.17, 15) is 5.11 Å². The van der Waals surface area contributed by atoms with Crippen LogP contribution in [0.25, 0.3) is 0 Å². The van der Waals surface area contributed by atoms with E-state index in [-0.39, 0.29) is 5.76 Å². The van der Waals surface area contributed by atoms with E-state index in [4.69, 9.17) is 5.73 Å². The molecule has 1 fully saturated rings. The Morgan fingerprint density at radius 1 is 1.56 bits per heavy atom. The van der Waals surface area contributed by atoms with E-state index >= 15 is 0 Å². The summed E-state index contributed by atoms with van der Waals surface area (Å²) in [7, 11) is 2.14. The number of likely N-dealkylation sites (N-methyl/N-ethyl adjacent to an activating group) is 1. The summed E-state index contributed by atoms with van der Waals surface area (Å²) >= 11 is 0. The lowest BCUT2D eigenvalue weighted by atomic mass is 10.1. The zero-order chi connectivity index (χ0) is 11.5. The number of aliphatic hydroxyl groups is 1. The molecular weight excluding hydrogens is 202 g/mol. The molecule has 16 heavy (non-hydrogen) atoms. The SMILES string of the molecule is CN1CCC[C@H]1/C=C1/C=CC(O)=CN1CN. The summed E-state index contributed by atoms with van der Waals surface area (Å²) in [4.78, 5) is 4.20. The molecule has 1 atom stereocenters. The largest absolute Gasteiger partial charge is 0.506 e. The van der Waals surface area contributed by atoms with Gasteiger partial charge < -0.3 is 15.7 Å². The quantitative estimate of drug-likeness (QED) is 0.734. The predicted octanol–water partition coefficient (Wildman–Crippen LogP) is 1.15. The van der Waals surface area contributed by atoms with Crippen molar-refractivity contribution in [2.45, 2.75) is 18.9 Å². The molecule has 4 nitrogen and oxygen atoms in total. The van der Waals surface area contributed by atoms with Gasteiger partial charge in [-0.25, -0.2) is 0 Å². The highest BCUT2D eigenvalue weighted by Gasteiger charge is 2.20. The van der Waals surface area contributed by atoms with Gasteiger partial charge in [0.15, 0.2) is 0 Å². The molecule has 3 N–H and O–H groups in total. The van der Waals surface area contributed by atoms with Crippen LogP contribution in [-0.2, 0) is 0 Å². The molecule has 0 aliphatic carbocycles. The normalized spacial score (nSPS) is 28.9. The van der Waals surface area contributed by atoms with Gasteiger partial charge in [-0.2, -0.15) is 0 Å². The minimum absolute atomic E-state index is 0.252. The van der Waals surface area contributed by atoms with Crippen molar-refractivity contribution in [2.24, 2.45) is 5.73 Å². The molecule has 0 radical (unpaired) electrons. The van der Waals surface area contributed by atoms with Gasteiger partial charge in [0.25, 0.3) is 0 Å². The lowest BCUT2D eigenvalue weighted by molar-refractivity contribution is 0.348. The van der Waals surface area contributed by atoms with Crippen LogP contribution in [0.3, 0.4) is 0 Å². The molecular formula is C12H19N3O. The van der Waals surface area contributed by atoms with Crippen LogP contribution in [-0.4, -0.2) is 41.2 Å². The van der Waals surface area contributed by atoms with E-state index in [1.807, 2.05) is 11.0 Å². The molecule has 0 aromatic carbocycles. The van der Waals surface area contributed by atoms with E-state index in [2.05, 4.69) is 18.0 Å². The van der Waals surface area contributed by atoms with Gasteiger partial charge in [0.2, 0.25) is 0 Å². The summed E-state index contributed by atoms with van der Waals surface area (Å²) in [5, 5.41) is 9.38. The van der Waals surface area contributed by atoms with E-state index in [1.54, 1.807) is 12.3 Å². The molecule has 4 heteroatoms. The van der Waals surface area contributed by atoms with E-state index in [0.717, 1.165) is 12.2 Å². The van der Waals surface area contributed by atoms with Crippen LogP contribution in [0.4, 0.5) is 0 Å². The van der Waals surface area contributed by atoms with Crippen LogP contribution in [0.5, 0.6) is 0 Å². The lowest BCUT2D eigenvalue weighted by Crippen LogP contribution is -2.29. The molecule has 0 amide bonds. The maximum Gasteiger partial charge on any atom is 0.131 e. The molecule has 0 spiro atoms. The number of hydrogen-bond donors (Lipinski definition) is 2. The van der Waals surface area contributed by atoms with Gasteiger partial charge in [0.05, 0.1) is 6.67 Å². The first-order valence-electron chi connectivity index (χ1n) is 5.68. The monoisotopic (exact) mass is 221 g/mol. The average Bonchev–Trinajstić information content (AvgIpc) is 2.67. The second-order valence-corrected chi connectivity index (χ2v) is 4.32. The van der Waals surface area contributed by atoms with Crippen LogP contribution in [0.1, 0.15) is 12.8 Å². The summed E-state index contributed by atoms with van der Waals surface area (Å²) in [6.07, 6.45) is 9.95. The highest BCUT2D eigenvalue weighted by Crippen LogP contribution is 2.21. The van der Waals surface area contributed by atoms with E-state index < -0.39 is 0 Å². The zero-order valence-electron chi connectivity index (χ0n) is 9.63. The molecule has 2 heterocycles. The minimum atomic E-state index is 0.252. The molecule has 0 saturated carbocycles. The number of likely N-dealkylation sites (tertiary alicyclic amines) is 1. The number of aliphatic hydroxyl groups excluding tert-OH is 1. The topological polar surface area (TPSA) is 52.7 Å². The first-order valence-corrected chi connectivity index (χ1v) is 5.68. The lowest BCUT2D eigenvalue weighted by Gasteiger charge is -2.25. The summed E-state index contributed by atoms with van der Waals surface area (Å²) < 4.78 is 0. The van der Waals surface area contributed by atoms with Gasteiger partial charge in [0.1, 0.15) is 5.76 Å². The van der Waals surface area contributed by atoms with Gasteiger partial charge >= 0.3 is 0 Å². The van der Waals surface area contributed by atoms with Crippen molar-refractivity contribution in [3.63, 3.8) is 0 Å². The van der Waals surface area contributed by atoms with Crippen molar-refractivity contribution in [3.05, 3.63) is 35.9 Å². The van der Waals surface area contributed by atoms with Gasteiger partial charge in [-0.3, -0.25) is 4.90 Å². The first-order chi connectivity index (χ1) is 7.70. The molecule has 2 rings (SSSR count). The van der Waals surface area contributed by atoms with Gasteiger partial charge in [-0.15, -0.1) is 0 Å². The first kappa shape index (κ1) is 11.2. The van der Waals surface area contributed by atoms with Crippen LogP contribution in [0.2, 0.25) is 0 Å². The summed E-state index contributed by atoms with van der Waals surface area (Å²) in [5.74, 6) is 0.252. The smallest absolute Gasteiger partial charge is 0.131 e. The van der Waals surface area contributed by atoms with E-state index in [0.29, 0.717) is 12.7 Å². The Balaban J connectivity index is 2.14. The number of rotatable bonds is 2. The number of hydrogen-bond acceptors (Lipinski definition) is 4. The Kier molecular flexibility index (Phi) is 3.31. The van der Waals surface area contributed by atoms with Crippen molar-refractivity contribution >= 4 is 0 Å². The Bertz CT molecular complexity index is 346.